The molecule has 82 valence electrons. The van der Waals surface area contributed by atoms with E-state index in [0.717, 1.165) is 24.7 Å². The monoisotopic (exact) mass is 206 g/mol. The summed E-state index contributed by atoms with van der Waals surface area (Å²) in [4.78, 5) is 6.66. The van der Waals surface area contributed by atoms with Gasteiger partial charge in [0.2, 0.25) is 5.88 Å². The van der Waals surface area contributed by atoms with Crippen LogP contribution in [0.1, 0.15) is 26.2 Å². The van der Waals surface area contributed by atoms with Crippen molar-refractivity contribution >= 4 is 5.69 Å². The molecule has 1 fully saturated rings. The summed E-state index contributed by atoms with van der Waals surface area (Å²) >= 11 is 0. The Morgan fingerprint density at radius 1 is 1.33 bits per heavy atom. The number of nitrogens with zero attached hydrogens (tertiary/aromatic N) is 2. The van der Waals surface area contributed by atoms with Crippen LogP contribution in [0.3, 0.4) is 0 Å². The Hall–Kier alpha value is -1.25. The fourth-order valence-corrected chi connectivity index (χ4v) is 2.01. The van der Waals surface area contributed by atoms with Crippen LogP contribution in [-0.4, -0.2) is 24.7 Å². The van der Waals surface area contributed by atoms with Gasteiger partial charge in [0.05, 0.1) is 12.3 Å². The molecule has 0 saturated carbocycles. The molecule has 0 atom stereocenters. The summed E-state index contributed by atoms with van der Waals surface area (Å²) in [6.45, 7) is 4.93. The molecule has 2 heterocycles. The molecule has 1 aliphatic rings. The van der Waals surface area contributed by atoms with Crippen LogP contribution in [-0.2, 0) is 0 Å². The molecule has 3 heteroatoms. The summed E-state index contributed by atoms with van der Waals surface area (Å²) in [5.41, 5.74) is 1.15. The van der Waals surface area contributed by atoms with Gasteiger partial charge in [0.25, 0.3) is 0 Å². The second kappa shape index (κ2) is 5.01. The number of hydrogen-bond donors (Lipinski definition) is 0. The smallest absolute Gasteiger partial charge is 0.237 e. The first-order chi connectivity index (χ1) is 7.42. The largest absolute Gasteiger partial charge is 0.476 e. The molecule has 0 unspecified atom stereocenters. The average Bonchev–Trinajstić information content (AvgIpc) is 2.31. The third-order valence-electron chi connectivity index (χ3n) is 2.73. The van der Waals surface area contributed by atoms with Crippen LogP contribution in [0, 0.1) is 0 Å². The topological polar surface area (TPSA) is 25.4 Å². The highest BCUT2D eigenvalue weighted by Gasteiger charge is 2.15. The lowest BCUT2D eigenvalue weighted by atomic mass is 10.1. The second-order valence-electron chi connectivity index (χ2n) is 3.81. The molecule has 0 aliphatic carbocycles. The number of anilines is 1. The maximum Gasteiger partial charge on any atom is 0.237 e. The van der Waals surface area contributed by atoms with Crippen molar-refractivity contribution < 1.29 is 4.74 Å². The summed E-state index contributed by atoms with van der Waals surface area (Å²) in [5, 5.41) is 0. The van der Waals surface area contributed by atoms with Gasteiger partial charge in [-0.15, -0.1) is 0 Å². The molecule has 2 rings (SSSR count). The van der Waals surface area contributed by atoms with Gasteiger partial charge >= 0.3 is 0 Å². The summed E-state index contributed by atoms with van der Waals surface area (Å²) < 4.78 is 5.54. The number of rotatable bonds is 3. The van der Waals surface area contributed by atoms with Crippen molar-refractivity contribution in [3.63, 3.8) is 0 Å². The minimum atomic E-state index is 0.678. The molecular formula is C12H18N2O. The molecule has 0 N–H and O–H groups in total. The van der Waals surface area contributed by atoms with Crippen molar-refractivity contribution in [1.82, 2.24) is 4.98 Å². The third-order valence-corrected chi connectivity index (χ3v) is 2.73. The van der Waals surface area contributed by atoms with Crippen molar-refractivity contribution in [2.45, 2.75) is 26.2 Å². The van der Waals surface area contributed by atoms with Gasteiger partial charge in [-0.05, 0) is 38.3 Å². The van der Waals surface area contributed by atoms with Crippen LogP contribution in [0.4, 0.5) is 5.69 Å². The van der Waals surface area contributed by atoms with Crippen LogP contribution >= 0.6 is 0 Å². The van der Waals surface area contributed by atoms with E-state index in [1.807, 2.05) is 13.0 Å². The van der Waals surface area contributed by atoms with Crippen LogP contribution in [0.15, 0.2) is 18.3 Å². The molecule has 0 spiro atoms. The van der Waals surface area contributed by atoms with Gasteiger partial charge in [-0.25, -0.2) is 4.98 Å². The van der Waals surface area contributed by atoms with Gasteiger partial charge in [-0.1, -0.05) is 0 Å². The van der Waals surface area contributed by atoms with E-state index in [-0.39, 0.29) is 0 Å². The second-order valence-corrected chi connectivity index (χ2v) is 3.81. The van der Waals surface area contributed by atoms with E-state index < -0.39 is 0 Å². The molecule has 1 aromatic rings. The molecule has 15 heavy (non-hydrogen) atoms. The highest BCUT2D eigenvalue weighted by molar-refractivity contribution is 5.54. The molecule has 0 bridgehead atoms. The Bertz CT molecular complexity index is 308. The van der Waals surface area contributed by atoms with E-state index in [9.17, 15) is 0 Å². The number of aromatic nitrogens is 1. The normalized spacial score (nSPS) is 16.5. The van der Waals surface area contributed by atoms with Crippen molar-refractivity contribution in [2.24, 2.45) is 0 Å². The summed E-state index contributed by atoms with van der Waals surface area (Å²) in [7, 11) is 0. The zero-order valence-corrected chi connectivity index (χ0v) is 9.28. The lowest BCUT2D eigenvalue weighted by Crippen LogP contribution is -2.29. The molecule has 3 nitrogen and oxygen atoms in total. The Morgan fingerprint density at radius 3 is 2.87 bits per heavy atom. The highest BCUT2D eigenvalue weighted by Crippen LogP contribution is 2.27. The van der Waals surface area contributed by atoms with E-state index in [1.54, 1.807) is 6.20 Å². The molecule has 0 amide bonds. The van der Waals surface area contributed by atoms with Crippen molar-refractivity contribution in [2.75, 3.05) is 24.6 Å². The molecule has 1 aliphatic heterocycles. The van der Waals surface area contributed by atoms with Gasteiger partial charge in [-0.2, -0.15) is 0 Å². The van der Waals surface area contributed by atoms with Crippen molar-refractivity contribution in [3.8, 4) is 5.88 Å². The van der Waals surface area contributed by atoms with Crippen molar-refractivity contribution in [3.05, 3.63) is 18.3 Å². The van der Waals surface area contributed by atoms with Gasteiger partial charge in [0.15, 0.2) is 0 Å². The Morgan fingerprint density at radius 2 is 2.13 bits per heavy atom. The minimum absolute atomic E-state index is 0.678. The van der Waals surface area contributed by atoms with Gasteiger partial charge < -0.3 is 9.64 Å². The number of hydrogen-bond acceptors (Lipinski definition) is 3. The lowest BCUT2D eigenvalue weighted by molar-refractivity contribution is 0.326. The SMILES string of the molecule is CCOc1ncccc1N1CCCCC1. The minimum Gasteiger partial charge on any atom is -0.476 e. The lowest BCUT2D eigenvalue weighted by Gasteiger charge is -2.29. The van der Waals surface area contributed by atoms with E-state index >= 15 is 0 Å². The Balaban J connectivity index is 2.17. The highest BCUT2D eigenvalue weighted by atomic mass is 16.5. The van der Waals surface area contributed by atoms with Crippen LogP contribution in [0.25, 0.3) is 0 Å². The predicted molar refractivity (Wildman–Crippen MR) is 61.5 cm³/mol. The fourth-order valence-electron chi connectivity index (χ4n) is 2.01. The molecule has 1 aromatic heterocycles. The summed E-state index contributed by atoms with van der Waals surface area (Å²) in [5.74, 6) is 0.780. The zero-order chi connectivity index (χ0) is 10.5. The van der Waals surface area contributed by atoms with E-state index in [1.165, 1.54) is 19.3 Å². The summed E-state index contributed by atoms with van der Waals surface area (Å²) in [6, 6.07) is 4.08. The fraction of sp³-hybridized carbons (Fsp3) is 0.583. The first-order valence-electron chi connectivity index (χ1n) is 5.74. The summed E-state index contributed by atoms with van der Waals surface area (Å²) in [6.07, 6.45) is 5.69. The maximum atomic E-state index is 5.54. The molecule has 0 aromatic carbocycles. The zero-order valence-electron chi connectivity index (χ0n) is 9.28. The molecule has 1 saturated heterocycles. The van der Waals surface area contributed by atoms with Crippen LogP contribution < -0.4 is 9.64 Å². The molecular weight excluding hydrogens is 188 g/mol. The molecule has 0 radical (unpaired) electrons. The first kappa shape index (κ1) is 10.3. The number of pyridine rings is 1. The van der Waals surface area contributed by atoms with Gasteiger partial charge in [0, 0.05) is 19.3 Å². The van der Waals surface area contributed by atoms with Crippen LogP contribution in [0.2, 0.25) is 0 Å². The number of ether oxygens (including phenoxy) is 1. The van der Waals surface area contributed by atoms with E-state index in [2.05, 4.69) is 16.0 Å². The Kier molecular flexibility index (Phi) is 3.43. The average molecular weight is 206 g/mol. The quantitative estimate of drug-likeness (QED) is 0.759. The predicted octanol–water partition coefficient (Wildman–Crippen LogP) is 2.47. The number of piperidine rings is 1. The van der Waals surface area contributed by atoms with E-state index in [0.29, 0.717) is 6.61 Å². The van der Waals surface area contributed by atoms with Gasteiger partial charge in [-0.3, -0.25) is 0 Å². The maximum absolute atomic E-state index is 5.54. The van der Waals surface area contributed by atoms with Gasteiger partial charge in [0.1, 0.15) is 0 Å². The third kappa shape index (κ3) is 2.41. The van der Waals surface area contributed by atoms with Crippen molar-refractivity contribution in [1.29, 1.82) is 0 Å². The first-order valence-corrected chi connectivity index (χ1v) is 5.74. The van der Waals surface area contributed by atoms with E-state index in [4.69, 9.17) is 4.74 Å². The van der Waals surface area contributed by atoms with Crippen LogP contribution in [0.5, 0.6) is 5.88 Å². The Labute approximate surface area is 91.1 Å². The standard InChI is InChI=1S/C12H18N2O/c1-2-15-12-11(7-6-8-13-12)14-9-4-3-5-10-14/h6-8H,2-5,9-10H2,1H3.